The monoisotopic (exact) mass is 272 g/mol. The second-order valence-electron chi connectivity index (χ2n) is 4.65. The van der Waals surface area contributed by atoms with Gasteiger partial charge in [-0.15, -0.1) is 0 Å². The van der Waals surface area contributed by atoms with Gasteiger partial charge < -0.3 is 5.73 Å². The second-order valence-corrected chi connectivity index (χ2v) is 6.51. The summed E-state index contributed by atoms with van der Waals surface area (Å²) in [5.41, 5.74) is 5.62. The van der Waals surface area contributed by atoms with Crippen LogP contribution in [0.1, 0.15) is 39.0 Å². The number of nitrogens with one attached hydrogen (secondary N) is 1. The molecular formula is C11H20N4O2S. The van der Waals surface area contributed by atoms with Crippen molar-refractivity contribution in [3.8, 4) is 0 Å². The highest BCUT2D eigenvalue weighted by atomic mass is 32.2. The molecule has 0 amide bonds. The Kier molecular flexibility index (Phi) is 3.91. The Balaban J connectivity index is 2.29. The Morgan fingerprint density at radius 1 is 1.44 bits per heavy atom. The molecule has 0 atom stereocenters. The fourth-order valence-electron chi connectivity index (χ4n) is 2.61. The van der Waals surface area contributed by atoms with E-state index >= 15 is 0 Å². The molecule has 0 spiro atoms. The van der Waals surface area contributed by atoms with E-state index in [4.69, 9.17) is 5.73 Å². The van der Waals surface area contributed by atoms with Gasteiger partial charge in [0.2, 0.25) is 10.0 Å². The number of hydrogen-bond acceptors (Lipinski definition) is 4. The highest BCUT2D eigenvalue weighted by molar-refractivity contribution is 7.89. The Morgan fingerprint density at radius 2 is 2.11 bits per heavy atom. The molecule has 1 aliphatic carbocycles. The lowest BCUT2D eigenvalue weighted by Gasteiger charge is -2.32. The van der Waals surface area contributed by atoms with E-state index in [0.29, 0.717) is 6.54 Å². The van der Waals surface area contributed by atoms with E-state index in [1.165, 1.54) is 12.6 Å². The van der Waals surface area contributed by atoms with Crippen LogP contribution in [-0.2, 0) is 10.0 Å². The zero-order chi connectivity index (χ0) is 13.2. The molecule has 1 aromatic rings. The van der Waals surface area contributed by atoms with Crippen LogP contribution in [0, 0.1) is 0 Å². The predicted octanol–water partition coefficient (Wildman–Crippen LogP) is 1.34. The molecule has 0 saturated heterocycles. The largest absolute Gasteiger partial charge is 0.383 e. The summed E-state index contributed by atoms with van der Waals surface area (Å²) in [6.07, 6.45) is 6.54. The summed E-state index contributed by atoms with van der Waals surface area (Å²) in [5, 5.41) is 6.17. The van der Waals surface area contributed by atoms with E-state index < -0.39 is 10.0 Å². The van der Waals surface area contributed by atoms with Crippen molar-refractivity contribution < 1.29 is 8.42 Å². The van der Waals surface area contributed by atoms with Gasteiger partial charge in [-0.1, -0.05) is 26.2 Å². The Hall–Kier alpha value is -1.08. The average Bonchev–Trinajstić information content (AvgIpc) is 2.78. The number of sulfonamides is 1. The molecule has 1 heterocycles. The number of nitrogens with zero attached hydrogens (tertiary/aromatic N) is 2. The zero-order valence-electron chi connectivity index (χ0n) is 10.6. The molecule has 2 rings (SSSR count). The molecule has 1 aromatic heterocycles. The van der Waals surface area contributed by atoms with Gasteiger partial charge in [0, 0.05) is 12.6 Å². The molecule has 1 fully saturated rings. The first-order valence-corrected chi connectivity index (χ1v) is 7.82. The predicted molar refractivity (Wildman–Crippen MR) is 69.4 cm³/mol. The summed E-state index contributed by atoms with van der Waals surface area (Å²) in [5.74, 6) is 0.115. The summed E-state index contributed by atoms with van der Waals surface area (Å²) in [6, 6.07) is 0.100. The van der Waals surface area contributed by atoms with Gasteiger partial charge in [0.1, 0.15) is 10.7 Å². The number of anilines is 1. The molecule has 7 heteroatoms. The van der Waals surface area contributed by atoms with E-state index in [2.05, 4.69) is 10.2 Å². The van der Waals surface area contributed by atoms with Crippen molar-refractivity contribution >= 4 is 15.8 Å². The van der Waals surface area contributed by atoms with Crippen molar-refractivity contribution in [3.63, 3.8) is 0 Å². The number of aromatic amines is 1. The summed E-state index contributed by atoms with van der Waals surface area (Å²) < 4.78 is 26.6. The smallest absolute Gasteiger partial charge is 0.248 e. The Labute approximate surface area is 108 Å². The summed E-state index contributed by atoms with van der Waals surface area (Å²) in [7, 11) is -3.52. The standard InChI is InChI=1S/C11H20N4O2S/c1-2-15(9-6-4-3-5-7-9)18(16,17)10-8-13-14-11(10)12/h8-9H,2-7H2,1H3,(H3,12,13,14). The van der Waals surface area contributed by atoms with Crippen molar-refractivity contribution in [1.29, 1.82) is 0 Å². The minimum absolute atomic E-state index is 0.0925. The van der Waals surface area contributed by atoms with Crippen LogP contribution in [-0.4, -0.2) is 35.5 Å². The van der Waals surface area contributed by atoms with Gasteiger partial charge >= 0.3 is 0 Å². The molecule has 0 radical (unpaired) electrons. The van der Waals surface area contributed by atoms with Crippen LogP contribution in [0.5, 0.6) is 0 Å². The molecule has 0 unspecified atom stereocenters. The van der Waals surface area contributed by atoms with E-state index in [1.807, 2.05) is 6.92 Å². The van der Waals surface area contributed by atoms with Crippen LogP contribution in [0.2, 0.25) is 0 Å². The number of rotatable bonds is 4. The number of aromatic nitrogens is 2. The maximum atomic E-state index is 12.5. The third-order valence-electron chi connectivity index (χ3n) is 3.51. The topological polar surface area (TPSA) is 92.1 Å². The van der Waals surface area contributed by atoms with E-state index in [0.717, 1.165) is 25.7 Å². The normalized spacial score (nSPS) is 18.3. The molecule has 0 aromatic carbocycles. The average molecular weight is 272 g/mol. The van der Waals surface area contributed by atoms with Crippen molar-refractivity contribution in [3.05, 3.63) is 6.20 Å². The molecule has 6 nitrogen and oxygen atoms in total. The highest BCUT2D eigenvalue weighted by Crippen LogP contribution is 2.28. The van der Waals surface area contributed by atoms with Gasteiger partial charge in [0.05, 0.1) is 6.20 Å². The minimum atomic E-state index is -3.52. The molecule has 0 aliphatic heterocycles. The van der Waals surface area contributed by atoms with Crippen LogP contribution in [0.4, 0.5) is 5.82 Å². The lowest BCUT2D eigenvalue weighted by atomic mass is 9.95. The van der Waals surface area contributed by atoms with E-state index in [9.17, 15) is 8.42 Å². The van der Waals surface area contributed by atoms with Crippen LogP contribution < -0.4 is 5.73 Å². The van der Waals surface area contributed by atoms with Crippen LogP contribution >= 0.6 is 0 Å². The Bertz CT molecular complexity index is 491. The molecule has 1 aliphatic rings. The van der Waals surface area contributed by atoms with E-state index in [1.54, 1.807) is 4.31 Å². The summed E-state index contributed by atoms with van der Waals surface area (Å²) >= 11 is 0. The molecule has 1 saturated carbocycles. The van der Waals surface area contributed by atoms with Gasteiger partial charge in [0.25, 0.3) is 0 Å². The minimum Gasteiger partial charge on any atom is -0.383 e. The number of nitrogen functional groups attached to an aromatic ring is 1. The van der Waals surface area contributed by atoms with Gasteiger partial charge in [-0.3, -0.25) is 5.10 Å². The molecule has 18 heavy (non-hydrogen) atoms. The second kappa shape index (κ2) is 5.27. The Morgan fingerprint density at radius 3 is 2.61 bits per heavy atom. The molecule has 3 N–H and O–H groups in total. The first-order chi connectivity index (χ1) is 8.57. The maximum absolute atomic E-state index is 12.5. The fourth-order valence-corrected chi connectivity index (χ4v) is 4.32. The SMILES string of the molecule is CCN(C1CCCCC1)S(=O)(=O)c1cn[nH]c1N. The maximum Gasteiger partial charge on any atom is 0.248 e. The zero-order valence-corrected chi connectivity index (χ0v) is 11.4. The summed E-state index contributed by atoms with van der Waals surface area (Å²) in [4.78, 5) is 0.0925. The third kappa shape index (κ3) is 2.37. The quantitative estimate of drug-likeness (QED) is 0.865. The van der Waals surface area contributed by atoms with Gasteiger partial charge in [0.15, 0.2) is 0 Å². The third-order valence-corrected chi connectivity index (χ3v) is 5.57. The van der Waals surface area contributed by atoms with E-state index in [-0.39, 0.29) is 16.8 Å². The highest BCUT2D eigenvalue weighted by Gasteiger charge is 2.33. The number of hydrogen-bond donors (Lipinski definition) is 2. The van der Waals surface area contributed by atoms with Gasteiger partial charge in [-0.05, 0) is 12.8 Å². The molecule has 0 bridgehead atoms. The van der Waals surface area contributed by atoms with Gasteiger partial charge in [-0.25, -0.2) is 8.42 Å². The van der Waals surface area contributed by atoms with Crippen molar-refractivity contribution in [2.24, 2.45) is 0 Å². The number of nitrogens with two attached hydrogens (primary N) is 1. The van der Waals surface area contributed by atoms with Crippen molar-refractivity contribution in [1.82, 2.24) is 14.5 Å². The molecular weight excluding hydrogens is 252 g/mol. The van der Waals surface area contributed by atoms with Crippen LogP contribution in [0.3, 0.4) is 0 Å². The van der Waals surface area contributed by atoms with Crippen molar-refractivity contribution in [2.45, 2.75) is 50.0 Å². The first-order valence-electron chi connectivity index (χ1n) is 6.38. The lowest BCUT2D eigenvalue weighted by Crippen LogP contribution is -2.41. The first kappa shape index (κ1) is 13.4. The fraction of sp³-hybridized carbons (Fsp3) is 0.727. The summed E-state index contributed by atoms with van der Waals surface area (Å²) in [6.45, 7) is 2.33. The lowest BCUT2D eigenvalue weighted by molar-refractivity contribution is 0.261. The van der Waals surface area contributed by atoms with Gasteiger partial charge in [-0.2, -0.15) is 9.40 Å². The van der Waals surface area contributed by atoms with Crippen LogP contribution in [0.15, 0.2) is 11.1 Å². The van der Waals surface area contributed by atoms with Crippen molar-refractivity contribution in [2.75, 3.05) is 12.3 Å². The number of H-pyrrole nitrogens is 1. The molecule has 102 valence electrons. The van der Waals surface area contributed by atoms with Crippen LogP contribution in [0.25, 0.3) is 0 Å².